The van der Waals surface area contributed by atoms with Gasteiger partial charge in [0.2, 0.25) is 10.0 Å². The smallest absolute Gasteiger partial charge is 0.216 e. The highest BCUT2D eigenvalue weighted by molar-refractivity contribution is 7.88. The van der Waals surface area contributed by atoms with Gasteiger partial charge in [0.15, 0.2) is 0 Å². The molecular formula is C18H18FNO3S. The van der Waals surface area contributed by atoms with Crippen molar-refractivity contribution in [3.05, 3.63) is 71.7 Å². The van der Waals surface area contributed by atoms with Crippen LogP contribution in [0.4, 0.5) is 4.39 Å². The molecule has 0 saturated carbocycles. The molecule has 4 nitrogen and oxygen atoms in total. The zero-order valence-corrected chi connectivity index (χ0v) is 14.0. The number of hydrogen-bond acceptors (Lipinski definition) is 3. The number of halogens is 1. The van der Waals surface area contributed by atoms with Gasteiger partial charge >= 0.3 is 0 Å². The van der Waals surface area contributed by atoms with E-state index in [1.807, 2.05) is 30.3 Å². The summed E-state index contributed by atoms with van der Waals surface area (Å²) in [5.74, 6) is -0.199. The molecule has 3 rings (SSSR count). The summed E-state index contributed by atoms with van der Waals surface area (Å²) < 4.78 is 46.3. The van der Waals surface area contributed by atoms with Crippen molar-refractivity contribution in [1.29, 1.82) is 0 Å². The quantitative estimate of drug-likeness (QED) is 0.741. The molecule has 0 bridgehead atoms. The third kappa shape index (κ3) is 4.01. The van der Waals surface area contributed by atoms with E-state index in [-0.39, 0.29) is 17.4 Å². The third-order valence-electron chi connectivity index (χ3n) is 3.67. The lowest BCUT2D eigenvalue weighted by Gasteiger charge is -2.13. The molecule has 0 spiro atoms. The molecule has 0 aliphatic heterocycles. The highest BCUT2D eigenvalue weighted by Crippen LogP contribution is 2.20. The van der Waals surface area contributed by atoms with Crippen molar-refractivity contribution in [2.24, 2.45) is 0 Å². The van der Waals surface area contributed by atoms with Crippen LogP contribution in [-0.4, -0.2) is 14.5 Å². The van der Waals surface area contributed by atoms with Gasteiger partial charge in [0.1, 0.15) is 17.2 Å². The minimum atomic E-state index is -3.64. The number of hydrogen-bond donors (Lipinski definition) is 1. The molecule has 1 atom stereocenters. The Morgan fingerprint density at radius 2 is 1.83 bits per heavy atom. The first kappa shape index (κ1) is 16.7. The van der Waals surface area contributed by atoms with Gasteiger partial charge in [0, 0.05) is 23.4 Å². The fraction of sp³-hybridized carbons (Fsp3) is 0.222. The maximum atomic E-state index is 13.6. The van der Waals surface area contributed by atoms with E-state index in [0.717, 1.165) is 11.0 Å². The molecule has 1 N–H and O–H groups in total. The van der Waals surface area contributed by atoms with Crippen LogP contribution in [-0.2, 0) is 22.2 Å². The molecule has 0 radical (unpaired) electrons. The standard InChI is InChI=1S/C18H18FNO3S/c1-13(10-16-11-14-6-3-5-9-18(14)23-16)20-24(21,22)12-15-7-2-4-8-17(15)19/h2-9,11,13,20H,10,12H2,1H3/t13-/m0/s1. The van der Waals surface area contributed by atoms with Gasteiger partial charge in [-0.3, -0.25) is 0 Å². The molecule has 0 aliphatic rings. The first-order chi connectivity index (χ1) is 11.4. The third-order valence-corrected chi connectivity index (χ3v) is 5.12. The van der Waals surface area contributed by atoms with E-state index in [2.05, 4.69) is 4.72 Å². The summed E-state index contributed by atoms with van der Waals surface area (Å²) in [6.07, 6.45) is 0.422. The number of benzene rings is 2. The minimum Gasteiger partial charge on any atom is -0.461 e. The minimum absolute atomic E-state index is 0.154. The summed E-state index contributed by atoms with van der Waals surface area (Å²) in [4.78, 5) is 0. The Labute approximate surface area is 140 Å². The van der Waals surface area contributed by atoms with Crippen molar-refractivity contribution < 1.29 is 17.2 Å². The van der Waals surface area contributed by atoms with E-state index in [9.17, 15) is 12.8 Å². The number of rotatable bonds is 6. The van der Waals surface area contributed by atoms with E-state index < -0.39 is 15.8 Å². The fourth-order valence-electron chi connectivity index (χ4n) is 2.65. The van der Waals surface area contributed by atoms with Gasteiger partial charge in [0.25, 0.3) is 0 Å². The Kier molecular flexibility index (Phi) is 4.69. The molecule has 3 aromatic rings. The van der Waals surface area contributed by atoms with E-state index in [1.165, 1.54) is 18.2 Å². The Morgan fingerprint density at radius 3 is 2.58 bits per heavy atom. The lowest BCUT2D eigenvalue weighted by Crippen LogP contribution is -2.35. The summed E-state index contributed by atoms with van der Waals surface area (Å²) in [7, 11) is -3.64. The lowest BCUT2D eigenvalue weighted by atomic mass is 10.2. The zero-order valence-electron chi connectivity index (χ0n) is 13.2. The number of sulfonamides is 1. The van der Waals surface area contributed by atoms with E-state index >= 15 is 0 Å². The topological polar surface area (TPSA) is 59.3 Å². The summed E-state index contributed by atoms with van der Waals surface area (Å²) in [5.41, 5.74) is 0.926. The molecule has 24 heavy (non-hydrogen) atoms. The maximum absolute atomic E-state index is 13.6. The van der Waals surface area contributed by atoms with Crippen LogP contribution in [0, 0.1) is 5.82 Å². The predicted molar refractivity (Wildman–Crippen MR) is 91.5 cm³/mol. The molecule has 126 valence electrons. The molecule has 0 aliphatic carbocycles. The molecule has 0 saturated heterocycles. The van der Waals surface area contributed by atoms with Gasteiger partial charge in [-0.1, -0.05) is 36.4 Å². The fourth-order valence-corrected chi connectivity index (χ4v) is 4.07. The Hall–Kier alpha value is -2.18. The highest BCUT2D eigenvalue weighted by atomic mass is 32.2. The van der Waals surface area contributed by atoms with Crippen LogP contribution in [0.25, 0.3) is 11.0 Å². The number of furan rings is 1. The lowest BCUT2D eigenvalue weighted by molar-refractivity contribution is 0.503. The monoisotopic (exact) mass is 347 g/mol. The molecule has 1 heterocycles. The Bertz CT molecular complexity index is 917. The van der Waals surface area contributed by atoms with Crippen LogP contribution in [0.2, 0.25) is 0 Å². The average molecular weight is 347 g/mol. The van der Waals surface area contributed by atoms with Crippen molar-refractivity contribution in [3.63, 3.8) is 0 Å². The SMILES string of the molecule is C[C@@H](Cc1cc2ccccc2o1)NS(=O)(=O)Cc1ccccc1F. The van der Waals surface area contributed by atoms with Crippen molar-refractivity contribution in [3.8, 4) is 0 Å². The first-order valence-electron chi connectivity index (χ1n) is 7.64. The highest BCUT2D eigenvalue weighted by Gasteiger charge is 2.18. The van der Waals surface area contributed by atoms with Crippen molar-refractivity contribution in [1.82, 2.24) is 4.72 Å². The van der Waals surface area contributed by atoms with Crippen LogP contribution in [0.15, 0.2) is 59.0 Å². The van der Waals surface area contributed by atoms with Gasteiger partial charge < -0.3 is 4.42 Å². The molecule has 0 unspecified atom stereocenters. The van der Waals surface area contributed by atoms with Gasteiger partial charge in [0.05, 0.1) is 5.75 Å². The largest absolute Gasteiger partial charge is 0.461 e. The normalized spacial score (nSPS) is 13.2. The van der Waals surface area contributed by atoms with E-state index in [1.54, 1.807) is 13.0 Å². The Balaban J connectivity index is 1.67. The van der Waals surface area contributed by atoms with Crippen LogP contribution >= 0.6 is 0 Å². The summed E-state index contributed by atoms with van der Waals surface area (Å²) in [6, 6.07) is 15.0. The summed E-state index contributed by atoms with van der Waals surface area (Å²) in [5, 5.41) is 0.980. The molecule has 2 aromatic carbocycles. The van der Waals surface area contributed by atoms with Crippen LogP contribution in [0.5, 0.6) is 0 Å². The van der Waals surface area contributed by atoms with Crippen molar-refractivity contribution >= 4 is 21.0 Å². The summed E-state index contributed by atoms with van der Waals surface area (Å²) >= 11 is 0. The summed E-state index contributed by atoms with van der Waals surface area (Å²) in [6.45, 7) is 1.76. The Morgan fingerprint density at radius 1 is 1.12 bits per heavy atom. The molecular weight excluding hydrogens is 329 g/mol. The van der Waals surface area contributed by atoms with E-state index in [4.69, 9.17) is 4.42 Å². The average Bonchev–Trinajstić information content (AvgIpc) is 2.90. The van der Waals surface area contributed by atoms with Gasteiger partial charge in [-0.2, -0.15) is 0 Å². The molecule has 1 aromatic heterocycles. The second-order valence-corrected chi connectivity index (χ2v) is 7.58. The second-order valence-electron chi connectivity index (χ2n) is 5.82. The predicted octanol–water partition coefficient (Wildman–Crippen LogP) is 3.62. The molecule has 0 amide bonds. The van der Waals surface area contributed by atoms with Crippen molar-refractivity contribution in [2.45, 2.75) is 25.1 Å². The number of para-hydroxylation sites is 1. The number of nitrogens with one attached hydrogen (secondary N) is 1. The van der Waals surface area contributed by atoms with Crippen LogP contribution in [0.1, 0.15) is 18.2 Å². The maximum Gasteiger partial charge on any atom is 0.216 e. The second kappa shape index (κ2) is 6.75. The van der Waals surface area contributed by atoms with E-state index in [0.29, 0.717) is 12.2 Å². The van der Waals surface area contributed by atoms with Crippen molar-refractivity contribution in [2.75, 3.05) is 0 Å². The van der Waals surface area contributed by atoms with Gasteiger partial charge in [-0.15, -0.1) is 0 Å². The first-order valence-corrected chi connectivity index (χ1v) is 9.29. The zero-order chi connectivity index (χ0) is 17.2. The van der Waals surface area contributed by atoms with Crippen LogP contribution in [0.3, 0.4) is 0 Å². The molecule has 6 heteroatoms. The molecule has 0 fully saturated rings. The van der Waals surface area contributed by atoms with Crippen LogP contribution < -0.4 is 4.72 Å². The number of fused-ring (bicyclic) bond motifs is 1. The van der Waals surface area contributed by atoms with Gasteiger partial charge in [-0.25, -0.2) is 17.5 Å². The van der Waals surface area contributed by atoms with Gasteiger partial charge in [-0.05, 0) is 25.1 Å².